The molecule has 35 heavy (non-hydrogen) atoms. The van der Waals surface area contributed by atoms with Crippen LogP contribution in [0.5, 0.6) is 0 Å². The zero-order chi connectivity index (χ0) is 24.7. The third-order valence-corrected chi connectivity index (χ3v) is 6.67. The number of anilines is 2. The highest BCUT2D eigenvalue weighted by Gasteiger charge is 2.30. The standard InChI is InChI=1S/C24H27F3N6O2/c1-14(34)32-8-5-21-18(13-32)24(30-33(21)16-6-9-35-10-7-16)28-20-4-3-15(11-19(20)25)17-12-31(2)29-22(17)23(26)27/h3-4,11-12,16,23H,5-10,13H2,1-2H3,(H,28,30). The van der Waals surface area contributed by atoms with Crippen LogP contribution in [0.25, 0.3) is 11.1 Å². The van der Waals surface area contributed by atoms with E-state index in [-0.39, 0.29) is 28.9 Å². The second-order valence-electron chi connectivity index (χ2n) is 8.97. The van der Waals surface area contributed by atoms with Crippen molar-refractivity contribution in [2.75, 3.05) is 25.1 Å². The van der Waals surface area contributed by atoms with Crippen LogP contribution in [-0.4, -0.2) is 50.1 Å². The van der Waals surface area contributed by atoms with Gasteiger partial charge in [-0.3, -0.25) is 14.2 Å². The number of nitrogens with one attached hydrogen (secondary N) is 1. The van der Waals surface area contributed by atoms with E-state index in [1.54, 1.807) is 18.0 Å². The summed E-state index contributed by atoms with van der Waals surface area (Å²) in [6, 6.07) is 4.49. The highest BCUT2D eigenvalue weighted by molar-refractivity contribution is 5.75. The fourth-order valence-electron chi connectivity index (χ4n) is 4.85. The normalized spacial score (nSPS) is 16.6. The molecule has 0 radical (unpaired) electrons. The maximum Gasteiger partial charge on any atom is 0.282 e. The van der Waals surface area contributed by atoms with Gasteiger partial charge >= 0.3 is 0 Å². The van der Waals surface area contributed by atoms with E-state index in [0.717, 1.165) is 24.1 Å². The molecular weight excluding hydrogens is 461 g/mol. The Labute approximate surface area is 200 Å². The van der Waals surface area contributed by atoms with Crippen LogP contribution in [0.3, 0.4) is 0 Å². The van der Waals surface area contributed by atoms with E-state index in [9.17, 15) is 13.6 Å². The number of aryl methyl sites for hydroxylation is 1. The van der Waals surface area contributed by atoms with Crippen molar-refractivity contribution in [2.45, 2.75) is 45.2 Å². The molecule has 0 spiro atoms. The molecule has 1 amide bonds. The van der Waals surface area contributed by atoms with Crippen molar-refractivity contribution < 1.29 is 22.7 Å². The second kappa shape index (κ2) is 9.37. The molecule has 1 aromatic carbocycles. The van der Waals surface area contributed by atoms with E-state index >= 15 is 4.39 Å². The number of hydrogen-bond donors (Lipinski definition) is 1. The first kappa shape index (κ1) is 23.4. The minimum Gasteiger partial charge on any atom is -0.381 e. The van der Waals surface area contributed by atoms with Crippen LogP contribution < -0.4 is 5.32 Å². The van der Waals surface area contributed by atoms with Crippen LogP contribution in [0.2, 0.25) is 0 Å². The Bertz CT molecular complexity index is 1250. The summed E-state index contributed by atoms with van der Waals surface area (Å²) in [5.41, 5.74) is 2.21. The van der Waals surface area contributed by atoms with Gasteiger partial charge in [0.1, 0.15) is 11.5 Å². The number of fused-ring (bicyclic) bond motifs is 1. The van der Waals surface area contributed by atoms with E-state index < -0.39 is 12.2 Å². The fourth-order valence-corrected chi connectivity index (χ4v) is 4.85. The quantitative estimate of drug-likeness (QED) is 0.578. The van der Waals surface area contributed by atoms with Gasteiger partial charge in [-0.25, -0.2) is 13.2 Å². The molecule has 3 aromatic rings. The molecule has 11 heteroatoms. The lowest BCUT2D eigenvalue weighted by atomic mass is 10.0. The van der Waals surface area contributed by atoms with Crippen molar-refractivity contribution in [2.24, 2.45) is 7.05 Å². The van der Waals surface area contributed by atoms with Crippen LogP contribution in [0, 0.1) is 5.82 Å². The third kappa shape index (κ3) is 4.52. The van der Waals surface area contributed by atoms with Gasteiger partial charge in [0.05, 0.1) is 18.3 Å². The molecule has 0 atom stereocenters. The summed E-state index contributed by atoms with van der Waals surface area (Å²) in [6.45, 7) is 3.85. The first-order valence-corrected chi connectivity index (χ1v) is 11.6. The molecule has 0 saturated carbocycles. The van der Waals surface area contributed by atoms with E-state index in [0.29, 0.717) is 44.1 Å². The number of halogens is 3. The lowest BCUT2D eigenvalue weighted by Crippen LogP contribution is -2.35. The zero-order valence-electron chi connectivity index (χ0n) is 19.6. The topological polar surface area (TPSA) is 77.2 Å². The predicted molar refractivity (Wildman–Crippen MR) is 123 cm³/mol. The summed E-state index contributed by atoms with van der Waals surface area (Å²) in [5, 5.41) is 11.7. The Kier molecular flexibility index (Phi) is 6.26. The Morgan fingerprint density at radius 2 is 2.00 bits per heavy atom. The van der Waals surface area contributed by atoms with Crippen LogP contribution in [0.4, 0.5) is 24.7 Å². The number of carbonyl (C=O) groups excluding carboxylic acids is 1. The van der Waals surface area contributed by atoms with E-state index in [1.807, 2.05) is 4.68 Å². The number of rotatable bonds is 5. The van der Waals surface area contributed by atoms with Gasteiger partial charge in [0.2, 0.25) is 5.91 Å². The number of carbonyl (C=O) groups is 1. The van der Waals surface area contributed by atoms with Crippen molar-refractivity contribution in [1.82, 2.24) is 24.5 Å². The van der Waals surface area contributed by atoms with Gasteiger partial charge < -0.3 is 15.0 Å². The van der Waals surface area contributed by atoms with Gasteiger partial charge in [0.15, 0.2) is 5.82 Å². The molecule has 0 aliphatic carbocycles. The maximum atomic E-state index is 15.2. The summed E-state index contributed by atoms with van der Waals surface area (Å²) in [6.07, 6.45) is 1.03. The van der Waals surface area contributed by atoms with Crippen molar-refractivity contribution >= 4 is 17.4 Å². The number of ether oxygens (including phenoxy) is 1. The number of hydrogen-bond acceptors (Lipinski definition) is 5. The lowest BCUT2D eigenvalue weighted by molar-refractivity contribution is -0.129. The molecule has 1 fully saturated rings. The monoisotopic (exact) mass is 488 g/mol. The molecule has 2 aliphatic rings. The van der Waals surface area contributed by atoms with Gasteiger partial charge in [-0.05, 0) is 30.5 Å². The van der Waals surface area contributed by atoms with Gasteiger partial charge in [-0.15, -0.1) is 0 Å². The van der Waals surface area contributed by atoms with E-state index in [1.165, 1.54) is 29.9 Å². The Balaban J connectivity index is 1.48. The minimum absolute atomic E-state index is 0.0257. The molecule has 0 bridgehead atoms. The number of alkyl halides is 2. The third-order valence-electron chi connectivity index (χ3n) is 6.67. The predicted octanol–water partition coefficient (Wildman–Crippen LogP) is 4.36. The number of benzene rings is 1. The molecule has 8 nitrogen and oxygen atoms in total. The van der Waals surface area contributed by atoms with Crippen LogP contribution in [0.15, 0.2) is 24.4 Å². The van der Waals surface area contributed by atoms with Crippen LogP contribution >= 0.6 is 0 Å². The van der Waals surface area contributed by atoms with Crippen LogP contribution in [0.1, 0.15) is 49.2 Å². The molecule has 1 N–H and O–H groups in total. The highest BCUT2D eigenvalue weighted by atomic mass is 19.3. The maximum absolute atomic E-state index is 15.2. The zero-order valence-corrected chi connectivity index (χ0v) is 19.6. The first-order chi connectivity index (χ1) is 16.8. The molecule has 0 unspecified atom stereocenters. The van der Waals surface area contributed by atoms with Crippen molar-refractivity contribution in [3.05, 3.63) is 47.2 Å². The first-order valence-electron chi connectivity index (χ1n) is 11.6. The molecular formula is C24H27F3N6O2. The lowest BCUT2D eigenvalue weighted by Gasteiger charge is -2.29. The molecule has 1 saturated heterocycles. The Morgan fingerprint density at radius 1 is 1.23 bits per heavy atom. The van der Waals surface area contributed by atoms with E-state index in [2.05, 4.69) is 10.4 Å². The number of amides is 1. The summed E-state index contributed by atoms with van der Waals surface area (Å²) in [4.78, 5) is 13.8. The van der Waals surface area contributed by atoms with Gasteiger partial charge in [0.25, 0.3) is 6.43 Å². The number of aromatic nitrogens is 4. The van der Waals surface area contributed by atoms with Gasteiger partial charge in [-0.1, -0.05) is 6.07 Å². The minimum atomic E-state index is -2.77. The van der Waals surface area contributed by atoms with Crippen molar-refractivity contribution in [3.63, 3.8) is 0 Å². The average molecular weight is 489 g/mol. The molecule has 2 aromatic heterocycles. The summed E-state index contributed by atoms with van der Waals surface area (Å²) < 4.78 is 50.7. The second-order valence-corrected chi connectivity index (χ2v) is 8.97. The molecule has 2 aliphatic heterocycles. The van der Waals surface area contributed by atoms with Gasteiger partial charge in [0, 0.05) is 63.2 Å². The Hall–Kier alpha value is -3.34. The smallest absolute Gasteiger partial charge is 0.282 e. The molecule has 5 rings (SSSR count). The van der Waals surface area contributed by atoms with Crippen molar-refractivity contribution in [1.29, 1.82) is 0 Å². The highest BCUT2D eigenvalue weighted by Crippen LogP contribution is 2.35. The largest absolute Gasteiger partial charge is 0.381 e. The molecule has 186 valence electrons. The SMILES string of the molecule is CC(=O)N1CCc2c(c(Nc3ccc(-c4cn(C)nc4C(F)F)cc3F)nn2C2CCOCC2)C1. The summed E-state index contributed by atoms with van der Waals surface area (Å²) in [5.74, 6) is -0.124. The molecule has 4 heterocycles. The average Bonchev–Trinajstić information content (AvgIpc) is 3.41. The van der Waals surface area contributed by atoms with Gasteiger partial charge in [-0.2, -0.15) is 10.2 Å². The Morgan fingerprint density at radius 3 is 2.69 bits per heavy atom. The summed E-state index contributed by atoms with van der Waals surface area (Å²) in [7, 11) is 1.55. The van der Waals surface area contributed by atoms with Crippen molar-refractivity contribution in [3.8, 4) is 11.1 Å². The number of nitrogens with zero attached hydrogens (tertiary/aromatic N) is 5. The van der Waals surface area contributed by atoms with Crippen LogP contribution in [-0.2, 0) is 29.5 Å². The van der Waals surface area contributed by atoms with E-state index in [4.69, 9.17) is 9.84 Å². The fraction of sp³-hybridized carbons (Fsp3) is 0.458. The summed E-state index contributed by atoms with van der Waals surface area (Å²) >= 11 is 0.